The minimum absolute atomic E-state index is 0.00727. The van der Waals surface area contributed by atoms with Crippen LogP contribution in [-0.4, -0.2) is 36.7 Å². The number of halogens is 1. The second-order valence-corrected chi connectivity index (χ2v) is 7.46. The SMILES string of the molecule is CCOC(=O)c1ccc(NC(=O)CC(C)=NNC(=O)COc2ccc(Br)c(C)c2)cc1. The smallest absolute Gasteiger partial charge is 0.338 e. The minimum Gasteiger partial charge on any atom is -0.484 e. The highest BCUT2D eigenvalue weighted by atomic mass is 79.9. The number of hydrazone groups is 1. The Hall–Kier alpha value is -3.20. The summed E-state index contributed by atoms with van der Waals surface area (Å²) >= 11 is 3.40. The highest BCUT2D eigenvalue weighted by Crippen LogP contribution is 2.21. The van der Waals surface area contributed by atoms with Crippen molar-refractivity contribution in [2.75, 3.05) is 18.5 Å². The van der Waals surface area contributed by atoms with Gasteiger partial charge in [-0.05, 0) is 68.8 Å². The molecule has 0 atom stereocenters. The van der Waals surface area contributed by atoms with E-state index in [2.05, 4.69) is 31.8 Å². The maximum absolute atomic E-state index is 12.1. The molecule has 2 rings (SSSR count). The van der Waals surface area contributed by atoms with E-state index < -0.39 is 11.9 Å². The molecule has 31 heavy (non-hydrogen) atoms. The molecule has 2 amide bonds. The monoisotopic (exact) mass is 489 g/mol. The van der Waals surface area contributed by atoms with Crippen LogP contribution >= 0.6 is 15.9 Å². The van der Waals surface area contributed by atoms with Gasteiger partial charge in [0.2, 0.25) is 5.91 Å². The Morgan fingerprint density at radius 3 is 2.42 bits per heavy atom. The Morgan fingerprint density at radius 1 is 1.06 bits per heavy atom. The molecule has 8 nitrogen and oxygen atoms in total. The first-order chi connectivity index (χ1) is 14.8. The van der Waals surface area contributed by atoms with Crippen LogP contribution in [0.15, 0.2) is 52.0 Å². The van der Waals surface area contributed by atoms with Gasteiger partial charge < -0.3 is 14.8 Å². The van der Waals surface area contributed by atoms with Crippen molar-refractivity contribution in [2.24, 2.45) is 5.10 Å². The number of carbonyl (C=O) groups excluding carboxylic acids is 3. The number of hydrogen-bond acceptors (Lipinski definition) is 6. The van der Waals surface area contributed by atoms with Gasteiger partial charge in [0.25, 0.3) is 5.91 Å². The lowest BCUT2D eigenvalue weighted by Gasteiger charge is -2.08. The molecule has 0 saturated heterocycles. The fourth-order valence-electron chi connectivity index (χ4n) is 2.43. The van der Waals surface area contributed by atoms with Crippen LogP contribution in [0.5, 0.6) is 5.75 Å². The van der Waals surface area contributed by atoms with Crippen molar-refractivity contribution in [3.63, 3.8) is 0 Å². The van der Waals surface area contributed by atoms with Crippen molar-refractivity contribution in [3.05, 3.63) is 58.1 Å². The summed E-state index contributed by atoms with van der Waals surface area (Å²) in [6.07, 6.45) is -0.00727. The van der Waals surface area contributed by atoms with Gasteiger partial charge in [-0.25, -0.2) is 10.2 Å². The molecule has 0 aliphatic rings. The largest absolute Gasteiger partial charge is 0.484 e. The predicted molar refractivity (Wildman–Crippen MR) is 121 cm³/mol. The highest BCUT2D eigenvalue weighted by molar-refractivity contribution is 9.10. The number of nitrogens with zero attached hydrogens (tertiary/aromatic N) is 1. The molecular weight excluding hydrogens is 466 g/mol. The minimum atomic E-state index is -0.435. The van der Waals surface area contributed by atoms with Crippen LogP contribution in [-0.2, 0) is 14.3 Å². The number of amides is 2. The van der Waals surface area contributed by atoms with Crippen molar-refractivity contribution in [1.29, 1.82) is 0 Å². The molecular formula is C22H24BrN3O5. The topological polar surface area (TPSA) is 106 Å². The molecule has 0 spiro atoms. The third-order valence-electron chi connectivity index (χ3n) is 3.97. The van der Waals surface area contributed by atoms with Gasteiger partial charge in [0, 0.05) is 15.9 Å². The normalized spacial score (nSPS) is 10.9. The summed E-state index contributed by atoms with van der Waals surface area (Å²) < 4.78 is 11.3. The number of anilines is 1. The van der Waals surface area contributed by atoms with Gasteiger partial charge in [-0.2, -0.15) is 5.10 Å². The fraction of sp³-hybridized carbons (Fsp3) is 0.273. The lowest BCUT2D eigenvalue weighted by atomic mass is 10.2. The molecule has 0 bridgehead atoms. The molecule has 0 unspecified atom stereocenters. The molecule has 164 valence electrons. The number of benzene rings is 2. The van der Waals surface area contributed by atoms with Gasteiger partial charge in [-0.1, -0.05) is 15.9 Å². The molecule has 2 aromatic rings. The zero-order valence-electron chi connectivity index (χ0n) is 17.5. The molecule has 0 heterocycles. The summed E-state index contributed by atoms with van der Waals surface area (Å²) in [6.45, 7) is 5.38. The van der Waals surface area contributed by atoms with Gasteiger partial charge >= 0.3 is 5.97 Å². The van der Waals surface area contributed by atoms with Crippen LogP contribution in [0.3, 0.4) is 0 Å². The molecule has 0 radical (unpaired) electrons. The lowest BCUT2D eigenvalue weighted by Crippen LogP contribution is -2.26. The van der Waals surface area contributed by atoms with Gasteiger partial charge in [-0.15, -0.1) is 0 Å². The molecule has 0 aromatic heterocycles. The number of rotatable bonds is 9. The standard InChI is InChI=1S/C22H24BrN3O5/c1-4-30-22(29)16-5-7-17(8-6-16)24-20(27)12-15(3)25-26-21(28)13-31-18-9-10-19(23)14(2)11-18/h5-11H,4,12-13H2,1-3H3,(H,24,27)(H,26,28). The van der Waals surface area contributed by atoms with Crippen LogP contribution in [0.4, 0.5) is 5.69 Å². The summed E-state index contributed by atoms with van der Waals surface area (Å²) in [5, 5.41) is 6.62. The van der Waals surface area contributed by atoms with E-state index in [1.807, 2.05) is 19.1 Å². The summed E-state index contributed by atoms with van der Waals surface area (Å²) in [5.41, 5.74) is 4.72. The van der Waals surface area contributed by atoms with Crippen LogP contribution in [0.1, 0.15) is 36.2 Å². The number of hydrogen-bond donors (Lipinski definition) is 2. The van der Waals surface area contributed by atoms with E-state index in [0.717, 1.165) is 10.0 Å². The zero-order valence-corrected chi connectivity index (χ0v) is 19.1. The van der Waals surface area contributed by atoms with E-state index in [1.165, 1.54) is 0 Å². The van der Waals surface area contributed by atoms with Gasteiger partial charge in [0.15, 0.2) is 6.61 Å². The van der Waals surface area contributed by atoms with E-state index in [1.54, 1.807) is 44.2 Å². The summed E-state index contributed by atoms with van der Waals surface area (Å²) in [6, 6.07) is 11.8. The third-order valence-corrected chi connectivity index (χ3v) is 4.86. The first-order valence-corrected chi connectivity index (χ1v) is 10.4. The maximum atomic E-state index is 12.1. The van der Waals surface area contributed by atoms with Crippen LogP contribution in [0, 0.1) is 6.92 Å². The number of ether oxygens (including phenoxy) is 2. The molecule has 0 saturated carbocycles. The molecule has 9 heteroatoms. The molecule has 2 N–H and O–H groups in total. The first kappa shape index (κ1) is 24.1. The highest BCUT2D eigenvalue weighted by Gasteiger charge is 2.09. The Morgan fingerprint density at radius 2 is 1.77 bits per heavy atom. The molecule has 0 fully saturated rings. The Balaban J connectivity index is 1.77. The average molecular weight is 490 g/mol. The number of carbonyl (C=O) groups is 3. The Labute approximate surface area is 189 Å². The van der Waals surface area contributed by atoms with Gasteiger partial charge in [0.1, 0.15) is 5.75 Å². The van der Waals surface area contributed by atoms with E-state index in [0.29, 0.717) is 29.3 Å². The second kappa shape index (κ2) is 11.8. The van der Waals surface area contributed by atoms with Crippen LogP contribution in [0.2, 0.25) is 0 Å². The zero-order chi connectivity index (χ0) is 22.8. The van der Waals surface area contributed by atoms with Crippen LogP contribution < -0.4 is 15.5 Å². The predicted octanol–water partition coefficient (Wildman–Crippen LogP) is 3.83. The average Bonchev–Trinajstić information content (AvgIpc) is 2.73. The van der Waals surface area contributed by atoms with Gasteiger partial charge in [0.05, 0.1) is 18.6 Å². The van der Waals surface area contributed by atoms with Crippen molar-refractivity contribution in [2.45, 2.75) is 27.2 Å². The number of nitrogens with one attached hydrogen (secondary N) is 2. The van der Waals surface area contributed by atoms with E-state index in [-0.39, 0.29) is 18.9 Å². The molecule has 0 aliphatic carbocycles. The number of esters is 1. The lowest BCUT2D eigenvalue weighted by molar-refractivity contribution is -0.123. The van der Waals surface area contributed by atoms with Crippen LogP contribution in [0.25, 0.3) is 0 Å². The van der Waals surface area contributed by atoms with Crippen molar-refractivity contribution in [3.8, 4) is 5.75 Å². The summed E-state index contributed by atoms with van der Waals surface area (Å²) in [7, 11) is 0. The third kappa shape index (κ3) is 8.21. The van der Waals surface area contributed by atoms with Gasteiger partial charge in [-0.3, -0.25) is 9.59 Å². The molecule has 2 aromatic carbocycles. The summed E-state index contributed by atoms with van der Waals surface area (Å²) in [5.74, 6) is -0.584. The van der Waals surface area contributed by atoms with E-state index in [4.69, 9.17) is 9.47 Å². The summed E-state index contributed by atoms with van der Waals surface area (Å²) in [4.78, 5) is 35.7. The van der Waals surface area contributed by atoms with E-state index >= 15 is 0 Å². The molecule has 0 aliphatic heterocycles. The maximum Gasteiger partial charge on any atom is 0.338 e. The first-order valence-electron chi connectivity index (χ1n) is 9.56. The van der Waals surface area contributed by atoms with E-state index in [9.17, 15) is 14.4 Å². The van der Waals surface area contributed by atoms with Crippen molar-refractivity contribution < 1.29 is 23.9 Å². The second-order valence-electron chi connectivity index (χ2n) is 6.60. The quantitative estimate of drug-likeness (QED) is 0.316. The fourth-order valence-corrected chi connectivity index (χ4v) is 2.67. The Kier molecular flexibility index (Phi) is 9.20. The van der Waals surface area contributed by atoms with Crippen molar-refractivity contribution in [1.82, 2.24) is 5.43 Å². The number of aryl methyl sites for hydroxylation is 1. The van der Waals surface area contributed by atoms with Crippen molar-refractivity contribution >= 4 is 45.1 Å². The Bertz CT molecular complexity index is 974.